The van der Waals surface area contributed by atoms with Crippen molar-refractivity contribution < 1.29 is 9.63 Å². The second kappa shape index (κ2) is 3.88. The van der Waals surface area contributed by atoms with Crippen LogP contribution in [0.5, 0.6) is 0 Å². The van der Waals surface area contributed by atoms with E-state index in [1.54, 1.807) is 32.0 Å². The zero-order chi connectivity index (χ0) is 11.8. The predicted molar refractivity (Wildman–Crippen MR) is 60.0 cm³/mol. The van der Waals surface area contributed by atoms with Crippen LogP contribution in [0.1, 0.15) is 19.4 Å². The van der Waals surface area contributed by atoms with Crippen LogP contribution in [-0.4, -0.2) is 15.2 Å². The maximum Gasteiger partial charge on any atom is 0.214 e. The molecular formula is C11H11ClN2O2. The third-order valence-corrected chi connectivity index (χ3v) is 2.59. The number of aromatic nitrogens is 2. The Morgan fingerprint density at radius 1 is 1.38 bits per heavy atom. The van der Waals surface area contributed by atoms with E-state index in [4.69, 9.17) is 11.6 Å². The number of hydrogen-bond donors (Lipinski definition) is 1. The highest BCUT2D eigenvalue weighted by Crippen LogP contribution is 2.30. The van der Waals surface area contributed by atoms with Gasteiger partial charge in [0.1, 0.15) is 0 Å². The van der Waals surface area contributed by atoms with Gasteiger partial charge in [-0.3, -0.25) is 0 Å². The molecule has 0 saturated heterocycles. The minimum absolute atomic E-state index is 0.437. The summed E-state index contributed by atoms with van der Waals surface area (Å²) < 4.78 is 4.65. The van der Waals surface area contributed by atoms with Gasteiger partial charge < -0.3 is 9.63 Å². The number of halogens is 1. The van der Waals surface area contributed by atoms with Crippen LogP contribution in [0, 0.1) is 0 Å². The van der Waals surface area contributed by atoms with E-state index in [1.807, 2.05) is 0 Å². The first-order valence-electron chi connectivity index (χ1n) is 4.77. The van der Waals surface area contributed by atoms with E-state index in [9.17, 15) is 5.11 Å². The van der Waals surface area contributed by atoms with E-state index in [2.05, 4.69) is 14.7 Å². The van der Waals surface area contributed by atoms with Gasteiger partial charge in [-0.05, 0) is 31.5 Å². The molecule has 1 N–H and O–H groups in total. The van der Waals surface area contributed by atoms with E-state index < -0.39 is 5.60 Å². The molecule has 0 radical (unpaired) electrons. The number of hydrogen-bond acceptors (Lipinski definition) is 4. The Morgan fingerprint density at radius 2 is 2.12 bits per heavy atom. The third-order valence-electron chi connectivity index (χ3n) is 2.28. The maximum absolute atomic E-state index is 9.83. The molecular weight excluding hydrogens is 228 g/mol. The lowest BCUT2D eigenvalue weighted by Crippen LogP contribution is -2.15. The molecule has 0 fully saturated rings. The van der Waals surface area contributed by atoms with Crippen molar-refractivity contribution in [3.8, 4) is 11.4 Å². The Morgan fingerprint density at radius 3 is 2.62 bits per heavy atom. The molecule has 0 spiro atoms. The first kappa shape index (κ1) is 11.1. The average molecular weight is 239 g/mol. The van der Waals surface area contributed by atoms with Crippen LogP contribution in [0.2, 0.25) is 5.02 Å². The standard InChI is InChI=1S/C11H11ClN2O2/c1-11(2,15)7-3-4-8(9(12)5-7)10-13-6-16-14-10/h3-6,15H,1-2H3. The number of nitrogens with zero attached hydrogens (tertiary/aromatic N) is 2. The summed E-state index contributed by atoms with van der Waals surface area (Å²) in [4.78, 5) is 3.91. The lowest BCUT2D eigenvalue weighted by atomic mass is 9.97. The summed E-state index contributed by atoms with van der Waals surface area (Å²) in [7, 11) is 0. The fourth-order valence-corrected chi connectivity index (χ4v) is 1.63. The van der Waals surface area contributed by atoms with Gasteiger partial charge in [-0.15, -0.1) is 0 Å². The number of rotatable bonds is 2. The number of aliphatic hydroxyl groups is 1. The largest absolute Gasteiger partial charge is 0.386 e. The van der Waals surface area contributed by atoms with Gasteiger partial charge >= 0.3 is 0 Å². The molecule has 16 heavy (non-hydrogen) atoms. The van der Waals surface area contributed by atoms with E-state index in [-0.39, 0.29) is 0 Å². The van der Waals surface area contributed by atoms with Crippen molar-refractivity contribution in [2.24, 2.45) is 0 Å². The highest BCUT2D eigenvalue weighted by Gasteiger charge is 2.18. The van der Waals surface area contributed by atoms with Gasteiger partial charge in [0.2, 0.25) is 12.2 Å². The van der Waals surface area contributed by atoms with Crippen LogP contribution in [0.4, 0.5) is 0 Å². The van der Waals surface area contributed by atoms with Crippen molar-refractivity contribution in [1.29, 1.82) is 0 Å². The SMILES string of the molecule is CC(C)(O)c1ccc(-c2ncon2)c(Cl)c1. The Bertz CT molecular complexity index is 489. The van der Waals surface area contributed by atoms with E-state index in [1.165, 1.54) is 6.39 Å². The van der Waals surface area contributed by atoms with E-state index in [0.717, 1.165) is 5.56 Å². The predicted octanol–water partition coefficient (Wildman–Crippen LogP) is 2.62. The van der Waals surface area contributed by atoms with Gasteiger partial charge in [-0.2, -0.15) is 4.98 Å². The Labute approximate surface area is 97.9 Å². The van der Waals surface area contributed by atoms with Crippen LogP contribution < -0.4 is 0 Å². The summed E-state index contributed by atoms with van der Waals surface area (Å²) in [5.74, 6) is 0.437. The lowest BCUT2D eigenvalue weighted by molar-refractivity contribution is 0.0786. The molecule has 0 amide bonds. The van der Waals surface area contributed by atoms with Crippen LogP contribution in [0.15, 0.2) is 29.1 Å². The summed E-state index contributed by atoms with van der Waals surface area (Å²) >= 11 is 6.09. The molecule has 0 aliphatic carbocycles. The van der Waals surface area contributed by atoms with Gasteiger partial charge in [0, 0.05) is 5.56 Å². The Balaban J connectivity index is 2.46. The van der Waals surface area contributed by atoms with Gasteiger partial charge in [0.05, 0.1) is 10.6 Å². The van der Waals surface area contributed by atoms with Crippen molar-refractivity contribution in [2.75, 3.05) is 0 Å². The second-order valence-corrected chi connectivity index (χ2v) is 4.42. The first-order chi connectivity index (χ1) is 7.48. The summed E-state index contributed by atoms with van der Waals surface area (Å²) in [5.41, 5.74) is 0.507. The molecule has 1 aromatic carbocycles. The molecule has 0 atom stereocenters. The fraction of sp³-hybridized carbons (Fsp3) is 0.273. The molecule has 1 aromatic heterocycles. The van der Waals surface area contributed by atoms with Crippen LogP contribution in [-0.2, 0) is 5.60 Å². The van der Waals surface area contributed by atoms with Crippen molar-refractivity contribution >= 4 is 11.6 Å². The molecule has 2 aromatic rings. The van der Waals surface area contributed by atoms with Gasteiger partial charge in [0.15, 0.2) is 0 Å². The molecule has 0 aliphatic heterocycles. The molecule has 4 nitrogen and oxygen atoms in total. The van der Waals surface area contributed by atoms with Crippen molar-refractivity contribution in [3.05, 3.63) is 35.2 Å². The normalized spacial score (nSPS) is 11.8. The van der Waals surface area contributed by atoms with Gasteiger partial charge in [-0.1, -0.05) is 22.8 Å². The second-order valence-electron chi connectivity index (χ2n) is 4.01. The summed E-state index contributed by atoms with van der Waals surface area (Å²) in [6.07, 6.45) is 1.25. The zero-order valence-corrected chi connectivity index (χ0v) is 9.69. The molecule has 0 saturated carbocycles. The molecule has 84 valence electrons. The highest BCUT2D eigenvalue weighted by molar-refractivity contribution is 6.33. The van der Waals surface area contributed by atoms with Crippen molar-refractivity contribution in [2.45, 2.75) is 19.4 Å². The molecule has 1 heterocycles. The van der Waals surface area contributed by atoms with Crippen molar-refractivity contribution in [3.63, 3.8) is 0 Å². The summed E-state index contributed by atoms with van der Waals surface area (Å²) in [5, 5.41) is 14.0. The highest BCUT2D eigenvalue weighted by atomic mass is 35.5. The van der Waals surface area contributed by atoms with Crippen LogP contribution >= 0.6 is 11.6 Å². The minimum Gasteiger partial charge on any atom is -0.386 e. The van der Waals surface area contributed by atoms with Crippen LogP contribution in [0.3, 0.4) is 0 Å². The number of benzene rings is 1. The molecule has 2 rings (SSSR count). The van der Waals surface area contributed by atoms with Gasteiger partial charge in [-0.25, -0.2) is 0 Å². The Kier molecular flexibility index (Phi) is 2.69. The minimum atomic E-state index is -0.917. The molecule has 0 bridgehead atoms. The summed E-state index contributed by atoms with van der Waals surface area (Å²) in [6.45, 7) is 3.40. The average Bonchev–Trinajstić information content (AvgIpc) is 2.69. The monoisotopic (exact) mass is 238 g/mol. The molecule has 5 heteroatoms. The van der Waals surface area contributed by atoms with E-state index >= 15 is 0 Å². The summed E-state index contributed by atoms with van der Waals surface area (Å²) in [6, 6.07) is 5.26. The lowest BCUT2D eigenvalue weighted by Gasteiger charge is -2.18. The molecule has 0 aliphatic rings. The fourth-order valence-electron chi connectivity index (χ4n) is 1.37. The maximum atomic E-state index is 9.83. The smallest absolute Gasteiger partial charge is 0.214 e. The quantitative estimate of drug-likeness (QED) is 0.874. The first-order valence-corrected chi connectivity index (χ1v) is 5.15. The van der Waals surface area contributed by atoms with Crippen LogP contribution in [0.25, 0.3) is 11.4 Å². The van der Waals surface area contributed by atoms with Gasteiger partial charge in [0.25, 0.3) is 0 Å². The van der Waals surface area contributed by atoms with E-state index in [0.29, 0.717) is 16.4 Å². The zero-order valence-electron chi connectivity index (χ0n) is 8.94. The molecule has 0 unspecified atom stereocenters. The topological polar surface area (TPSA) is 59.2 Å². The Hall–Kier alpha value is -1.39. The van der Waals surface area contributed by atoms with Crippen molar-refractivity contribution in [1.82, 2.24) is 10.1 Å². The third kappa shape index (κ3) is 2.08.